The van der Waals surface area contributed by atoms with Crippen LogP contribution in [0.4, 0.5) is 0 Å². The Morgan fingerprint density at radius 3 is 2.73 bits per heavy atom. The largest absolute Gasteiger partial charge is 0.385 e. The number of aliphatic hydroxyl groups excluding tert-OH is 1. The predicted molar refractivity (Wildman–Crippen MR) is 53.9 cm³/mol. The van der Waals surface area contributed by atoms with Crippen molar-refractivity contribution in [1.82, 2.24) is 20.6 Å². The van der Waals surface area contributed by atoms with E-state index in [1.165, 1.54) is 5.56 Å². The fourth-order valence-electron chi connectivity index (χ4n) is 1.39. The molecule has 2 N–H and O–H groups in total. The molecule has 1 atom stereocenters. The monoisotopic (exact) mass is 204 g/mol. The maximum atomic E-state index is 9.69. The molecule has 5 nitrogen and oxygen atoms in total. The zero-order valence-corrected chi connectivity index (χ0v) is 8.17. The van der Waals surface area contributed by atoms with E-state index in [4.69, 9.17) is 0 Å². The van der Waals surface area contributed by atoms with E-state index in [9.17, 15) is 5.11 Å². The topological polar surface area (TPSA) is 74.7 Å². The van der Waals surface area contributed by atoms with Crippen molar-refractivity contribution >= 4 is 0 Å². The van der Waals surface area contributed by atoms with Gasteiger partial charge < -0.3 is 5.11 Å². The highest BCUT2D eigenvalue weighted by atomic mass is 16.3. The quantitative estimate of drug-likeness (QED) is 0.774. The van der Waals surface area contributed by atoms with Crippen molar-refractivity contribution < 1.29 is 5.11 Å². The third-order valence-electron chi connectivity index (χ3n) is 2.21. The van der Waals surface area contributed by atoms with Gasteiger partial charge in [0.25, 0.3) is 0 Å². The molecular weight excluding hydrogens is 192 g/mol. The first-order valence-electron chi connectivity index (χ1n) is 4.81. The Morgan fingerprint density at radius 2 is 2.07 bits per heavy atom. The van der Waals surface area contributed by atoms with Gasteiger partial charge in [0.2, 0.25) is 5.82 Å². The number of H-pyrrole nitrogens is 1. The first-order valence-corrected chi connectivity index (χ1v) is 4.81. The zero-order chi connectivity index (χ0) is 10.5. The van der Waals surface area contributed by atoms with Crippen LogP contribution in [0, 0.1) is 0 Å². The average Bonchev–Trinajstić information content (AvgIpc) is 2.81. The third-order valence-corrected chi connectivity index (χ3v) is 2.21. The zero-order valence-electron chi connectivity index (χ0n) is 8.17. The number of nitrogens with zero attached hydrogens (tertiary/aromatic N) is 3. The van der Waals surface area contributed by atoms with Crippen molar-refractivity contribution in [3.05, 3.63) is 41.7 Å². The maximum Gasteiger partial charge on any atom is 0.202 e. The molecule has 0 spiro atoms. The molecule has 0 fully saturated rings. The minimum Gasteiger partial charge on any atom is -0.385 e. The van der Waals surface area contributed by atoms with Gasteiger partial charge >= 0.3 is 0 Å². The van der Waals surface area contributed by atoms with Crippen molar-refractivity contribution in [2.24, 2.45) is 0 Å². The van der Waals surface area contributed by atoms with Crippen molar-refractivity contribution in [3.63, 3.8) is 0 Å². The molecule has 0 saturated heterocycles. The highest BCUT2D eigenvalue weighted by Crippen LogP contribution is 2.13. The Balaban J connectivity index is 1.89. The van der Waals surface area contributed by atoms with Crippen LogP contribution in [0.1, 0.15) is 23.9 Å². The summed E-state index contributed by atoms with van der Waals surface area (Å²) in [7, 11) is 0. The van der Waals surface area contributed by atoms with E-state index in [0.29, 0.717) is 12.2 Å². The summed E-state index contributed by atoms with van der Waals surface area (Å²) in [6.45, 7) is 0. The van der Waals surface area contributed by atoms with Crippen molar-refractivity contribution in [1.29, 1.82) is 0 Å². The van der Waals surface area contributed by atoms with Gasteiger partial charge in [0.1, 0.15) is 6.10 Å². The molecule has 1 aromatic carbocycles. The smallest absolute Gasteiger partial charge is 0.202 e. The normalized spacial score (nSPS) is 12.6. The van der Waals surface area contributed by atoms with Crippen LogP contribution in [-0.4, -0.2) is 25.7 Å². The van der Waals surface area contributed by atoms with Crippen LogP contribution >= 0.6 is 0 Å². The van der Waals surface area contributed by atoms with E-state index in [1.807, 2.05) is 30.3 Å². The fraction of sp³-hybridized carbons (Fsp3) is 0.300. The summed E-state index contributed by atoms with van der Waals surface area (Å²) in [5.41, 5.74) is 1.19. The predicted octanol–water partition coefficient (Wildman–Crippen LogP) is 0.866. The second-order valence-corrected chi connectivity index (χ2v) is 3.31. The van der Waals surface area contributed by atoms with E-state index in [2.05, 4.69) is 20.6 Å². The molecule has 2 aromatic rings. The SMILES string of the molecule is OC(CCc1ccccc1)c1nn[nH]n1. The minimum atomic E-state index is -0.649. The number of hydrogen-bond acceptors (Lipinski definition) is 4. The van der Waals surface area contributed by atoms with E-state index < -0.39 is 6.10 Å². The van der Waals surface area contributed by atoms with Gasteiger partial charge in [-0.05, 0) is 18.4 Å². The first-order chi connectivity index (χ1) is 7.36. The Bertz CT molecular complexity index is 387. The number of hydrogen-bond donors (Lipinski definition) is 2. The molecule has 0 aliphatic heterocycles. The molecule has 1 aromatic heterocycles. The van der Waals surface area contributed by atoms with Gasteiger partial charge in [-0.2, -0.15) is 5.21 Å². The Labute approximate surface area is 87.2 Å². The number of aryl methyl sites for hydroxylation is 1. The Morgan fingerprint density at radius 1 is 1.27 bits per heavy atom. The number of aromatic amines is 1. The standard InChI is InChI=1S/C10H12N4O/c15-9(10-11-13-14-12-10)7-6-8-4-2-1-3-5-8/h1-5,9,15H,6-7H2,(H,11,12,13,14). The van der Waals surface area contributed by atoms with Gasteiger partial charge in [0.15, 0.2) is 0 Å². The van der Waals surface area contributed by atoms with Gasteiger partial charge in [0, 0.05) is 0 Å². The van der Waals surface area contributed by atoms with Crippen LogP contribution in [0.5, 0.6) is 0 Å². The van der Waals surface area contributed by atoms with E-state index in [1.54, 1.807) is 0 Å². The van der Waals surface area contributed by atoms with Crippen LogP contribution in [0.15, 0.2) is 30.3 Å². The Kier molecular flexibility index (Phi) is 3.04. The highest BCUT2D eigenvalue weighted by molar-refractivity contribution is 5.14. The van der Waals surface area contributed by atoms with Gasteiger partial charge in [-0.15, -0.1) is 10.2 Å². The minimum absolute atomic E-state index is 0.353. The van der Waals surface area contributed by atoms with Crippen LogP contribution < -0.4 is 0 Å². The molecule has 15 heavy (non-hydrogen) atoms. The lowest BCUT2D eigenvalue weighted by molar-refractivity contribution is 0.158. The number of nitrogens with one attached hydrogen (secondary N) is 1. The molecule has 1 heterocycles. The van der Waals surface area contributed by atoms with E-state index in [-0.39, 0.29) is 0 Å². The van der Waals surface area contributed by atoms with E-state index >= 15 is 0 Å². The molecule has 78 valence electrons. The van der Waals surface area contributed by atoms with Crippen LogP contribution in [0.2, 0.25) is 0 Å². The lowest BCUT2D eigenvalue weighted by atomic mass is 10.1. The van der Waals surface area contributed by atoms with Crippen LogP contribution in [0.25, 0.3) is 0 Å². The molecule has 0 aliphatic carbocycles. The van der Waals surface area contributed by atoms with E-state index in [0.717, 1.165) is 6.42 Å². The Hall–Kier alpha value is -1.75. The van der Waals surface area contributed by atoms with Crippen LogP contribution in [0.3, 0.4) is 0 Å². The molecule has 0 amide bonds. The summed E-state index contributed by atoms with van der Waals surface area (Å²) in [5.74, 6) is 0.353. The number of rotatable bonds is 4. The molecule has 2 rings (SSSR count). The summed E-state index contributed by atoms with van der Waals surface area (Å²) in [4.78, 5) is 0. The number of benzene rings is 1. The lowest BCUT2D eigenvalue weighted by Gasteiger charge is -2.05. The molecule has 0 saturated carbocycles. The van der Waals surface area contributed by atoms with Gasteiger partial charge in [-0.1, -0.05) is 35.5 Å². The summed E-state index contributed by atoms with van der Waals surface area (Å²) in [6.07, 6.45) is 0.754. The van der Waals surface area contributed by atoms with Gasteiger partial charge in [0.05, 0.1) is 0 Å². The first kappa shape index (κ1) is 9.79. The van der Waals surface area contributed by atoms with Crippen molar-refractivity contribution in [2.45, 2.75) is 18.9 Å². The number of tetrazole rings is 1. The summed E-state index contributed by atoms with van der Waals surface area (Å²) in [5, 5.41) is 22.9. The highest BCUT2D eigenvalue weighted by Gasteiger charge is 2.11. The van der Waals surface area contributed by atoms with Crippen molar-refractivity contribution in [2.75, 3.05) is 0 Å². The number of aromatic nitrogens is 4. The fourth-order valence-corrected chi connectivity index (χ4v) is 1.39. The maximum absolute atomic E-state index is 9.69. The van der Waals surface area contributed by atoms with Crippen molar-refractivity contribution in [3.8, 4) is 0 Å². The van der Waals surface area contributed by atoms with Gasteiger partial charge in [-0.25, -0.2) is 0 Å². The summed E-state index contributed by atoms with van der Waals surface area (Å²) < 4.78 is 0. The second-order valence-electron chi connectivity index (χ2n) is 3.31. The summed E-state index contributed by atoms with van der Waals surface area (Å²) >= 11 is 0. The summed E-state index contributed by atoms with van der Waals surface area (Å²) in [6, 6.07) is 10.00. The number of aliphatic hydroxyl groups is 1. The molecule has 5 heteroatoms. The van der Waals surface area contributed by atoms with Gasteiger partial charge in [-0.3, -0.25) is 0 Å². The second kappa shape index (κ2) is 4.65. The third kappa shape index (κ3) is 2.60. The van der Waals surface area contributed by atoms with Crippen LogP contribution in [-0.2, 0) is 6.42 Å². The molecule has 0 bridgehead atoms. The molecule has 0 aliphatic rings. The molecule has 0 radical (unpaired) electrons. The lowest BCUT2D eigenvalue weighted by Crippen LogP contribution is -2.02. The molecule has 1 unspecified atom stereocenters. The molecular formula is C10H12N4O. The average molecular weight is 204 g/mol.